The summed E-state index contributed by atoms with van der Waals surface area (Å²) < 4.78 is 1.69. The Labute approximate surface area is 197 Å². The van der Waals surface area contributed by atoms with E-state index in [4.69, 9.17) is 11.6 Å². The van der Waals surface area contributed by atoms with E-state index in [2.05, 4.69) is 25.6 Å². The summed E-state index contributed by atoms with van der Waals surface area (Å²) in [5.74, 6) is 0.271. The Bertz CT molecular complexity index is 1110. The van der Waals surface area contributed by atoms with Gasteiger partial charge in [-0.1, -0.05) is 53.9 Å². The van der Waals surface area contributed by atoms with E-state index in [1.807, 2.05) is 45.0 Å². The van der Waals surface area contributed by atoms with Crippen LogP contribution in [0.2, 0.25) is 5.02 Å². The second kappa shape index (κ2) is 10.0. The number of halogens is 1. The van der Waals surface area contributed by atoms with Gasteiger partial charge in [-0.25, -0.2) is 14.6 Å². The Morgan fingerprint density at radius 1 is 1.12 bits per heavy atom. The van der Waals surface area contributed by atoms with Crippen LogP contribution in [-0.2, 0) is 5.75 Å². The van der Waals surface area contributed by atoms with Crippen LogP contribution in [-0.4, -0.2) is 36.9 Å². The van der Waals surface area contributed by atoms with Gasteiger partial charge in [0, 0.05) is 28.2 Å². The van der Waals surface area contributed by atoms with Gasteiger partial charge in [-0.3, -0.25) is 4.79 Å². The van der Waals surface area contributed by atoms with E-state index in [1.54, 1.807) is 4.68 Å². The molecule has 1 aliphatic rings. The molecule has 2 aromatic heterocycles. The smallest absolute Gasteiger partial charge is 0.274 e. The van der Waals surface area contributed by atoms with Gasteiger partial charge in [0.2, 0.25) is 0 Å². The molecule has 1 amide bonds. The van der Waals surface area contributed by atoms with E-state index in [-0.39, 0.29) is 11.9 Å². The number of amides is 1. The minimum atomic E-state index is -0.182. The first-order valence-electron chi connectivity index (χ1n) is 10.9. The van der Waals surface area contributed by atoms with Gasteiger partial charge >= 0.3 is 0 Å². The summed E-state index contributed by atoms with van der Waals surface area (Å²) in [4.78, 5) is 22.1. The molecule has 9 heteroatoms. The molecule has 1 aliphatic carbocycles. The highest BCUT2D eigenvalue weighted by atomic mass is 35.5. The number of aryl methyl sites for hydroxylation is 3. The summed E-state index contributed by atoms with van der Waals surface area (Å²) in [7, 11) is 0. The SMILES string of the molecule is Cc1cc(C)nc(SCc2c(C(=O)NC3CCCCC3)nnn2-c2ccc(C)c(Cl)c2)n1. The molecule has 1 saturated carbocycles. The molecule has 7 nitrogen and oxygen atoms in total. The summed E-state index contributed by atoms with van der Waals surface area (Å²) in [6.45, 7) is 5.84. The van der Waals surface area contributed by atoms with Crippen molar-refractivity contribution in [2.75, 3.05) is 0 Å². The van der Waals surface area contributed by atoms with Crippen molar-refractivity contribution in [1.82, 2.24) is 30.3 Å². The van der Waals surface area contributed by atoms with Crippen molar-refractivity contribution >= 4 is 29.3 Å². The lowest BCUT2D eigenvalue weighted by Gasteiger charge is -2.22. The molecule has 0 unspecified atom stereocenters. The maximum atomic E-state index is 13.1. The molecular formula is C23H27ClN6OS. The molecule has 0 radical (unpaired) electrons. The number of nitrogens with zero attached hydrogens (tertiary/aromatic N) is 5. The van der Waals surface area contributed by atoms with Crippen LogP contribution in [0.3, 0.4) is 0 Å². The molecule has 1 N–H and O–H groups in total. The lowest BCUT2D eigenvalue weighted by atomic mass is 9.95. The fourth-order valence-electron chi connectivity index (χ4n) is 3.92. The highest BCUT2D eigenvalue weighted by Gasteiger charge is 2.24. The van der Waals surface area contributed by atoms with Gasteiger partial charge in [-0.2, -0.15) is 0 Å². The van der Waals surface area contributed by atoms with Crippen molar-refractivity contribution in [2.24, 2.45) is 0 Å². The predicted octanol–water partition coefficient (Wildman–Crippen LogP) is 4.99. The quantitative estimate of drug-likeness (QED) is 0.403. The zero-order valence-corrected chi connectivity index (χ0v) is 20.1. The maximum absolute atomic E-state index is 13.1. The third-order valence-electron chi connectivity index (χ3n) is 5.62. The third kappa shape index (κ3) is 5.30. The molecule has 0 saturated heterocycles. The molecule has 4 rings (SSSR count). The van der Waals surface area contributed by atoms with E-state index in [9.17, 15) is 4.79 Å². The Kier molecular flexibility index (Phi) is 7.10. The van der Waals surface area contributed by atoms with Gasteiger partial charge in [0.15, 0.2) is 10.9 Å². The molecule has 2 heterocycles. The molecule has 168 valence electrons. The number of thioether (sulfide) groups is 1. The van der Waals surface area contributed by atoms with Crippen LogP contribution in [0.5, 0.6) is 0 Å². The number of carbonyl (C=O) groups excluding carboxylic acids is 1. The average Bonchev–Trinajstić information content (AvgIpc) is 3.18. The van der Waals surface area contributed by atoms with Crippen molar-refractivity contribution in [3.05, 3.63) is 57.6 Å². The molecule has 0 atom stereocenters. The van der Waals surface area contributed by atoms with Crippen LogP contribution in [0.15, 0.2) is 29.4 Å². The second-order valence-corrected chi connectivity index (χ2v) is 9.61. The molecule has 3 aromatic rings. The minimum absolute atomic E-state index is 0.182. The van der Waals surface area contributed by atoms with E-state index in [0.29, 0.717) is 27.3 Å². The molecule has 0 aliphatic heterocycles. The number of hydrogen-bond donors (Lipinski definition) is 1. The largest absolute Gasteiger partial charge is 0.348 e. The standard InChI is InChI=1S/C23H27ClN6OS/c1-14-9-10-18(12-19(14)24)30-20(13-32-23-25-15(2)11-16(3)26-23)21(28-29-30)22(31)27-17-7-5-4-6-8-17/h9-12,17H,4-8,13H2,1-3H3,(H,27,31). The summed E-state index contributed by atoms with van der Waals surface area (Å²) in [5.41, 5.74) is 4.60. The first-order valence-corrected chi connectivity index (χ1v) is 12.2. The monoisotopic (exact) mass is 470 g/mol. The summed E-state index contributed by atoms with van der Waals surface area (Å²) >= 11 is 7.82. The van der Waals surface area contributed by atoms with E-state index in [0.717, 1.165) is 48.3 Å². The Balaban J connectivity index is 1.65. The van der Waals surface area contributed by atoms with Crippen molar-refractivity contribution in [2.45, 2.75) is 69.8 Å². The van der Waals surface area contributed by atoms with Gasteiger partial charge in [0.05, 0.1) is 11.4 Å². The van der Waals surface area contributed by atoms with E-state index in [1.165, 1.54) is 18.2 Å². The first-order chi connectivity index (χ1) is 15.4. The highest BCUT2D eigenvalue weighted by Crippen LogP contribution is 2.26. The Hall–Kier alpha value is -2.45. The van der Waals surface area contributed by atoms with Crippen LogP contribution in [0, 0.1) is 20.8 Å². The Morgan fingerprint density at radius 3 is 2.53 bits per heavy atom. The van der Waals surface area contributed by atoms with Gasteiger partial charge in [-0.15, -0.1) is 5.10 Å². The van der Waals surface area contributed by atoms with Crippen molar-refractivity contribution < 1.29 is 4.79 Å². The van der Waals surface area contributed by atoms with Crippen molar-refractivity contribution in [3.8, 4) is 5.69 Å². The summed E-state index contributed by atoms with van der Waals surface area (Å²) in [5, 5.41) is 13.0. The fraction of sp³-hybridized carbons (Fsp3) is 0.435. The lowest BCUT2D eigenvalue weighted by molar-refractivity contribution is 0.0922. The number of carbonyl (C=O) groups is 1. The average molecular weight is 471 g/mol. The third-order valence-corrected chi connectivity index (χ3v) is 6.88. The van der Waals surface area contributed by atoms with Gasteiger partial charge in [0.25, 0.3) is 5.91 Å². The van der Waals surface area contributed by atoms with Crippen molar-refractivity contribution in [1.29, 1.82) is 0 Å². The number of rotatable bonds is 6. The van der Waals surface area contributed by atoms with Crippen LogP contribution >= 0.6 is 23.4 Å². The number of hydrogen-bond acceptors (Lipinski definition) is 6. The molecule has 1 aromatic carbocycles. The summed E-state index contributed by atoms with van der Waals surface area (Å²) in [6, 6.07) is 7.84. The highest BCUT2D eigenvalue weighted by molar-refractivity contribution is 7.98. The van der Waals surface area contributed by atoms with E-state index >= 15 is 0 Å². The molecular weight excluding hydrogens is 444 g/mol. The zero-order chi connectivity index (χ0) is 22.7. The second-order valence-electron chi connectivity index (χ2n) is 8.26. The van der Waals surface area contributed by atoms with Gasteiger partial charge in [0.1, 0.15) is 0 Å². The van der Waals surface area contributed by atoms with Crippen LogP contribution < -0.4 is 5.32 Å². The number of aromatic nitrogens is 5. The fourth-order valence-corrected chi connectivity index (χ4v) is 5.04. The molecule has 0 spiro atoms. The molecule has 1 fully saturated rings. The minimum Gasteiger partial charge on any atom is -0.348 e. The Morgan fingerprint density at radius 2 is 1.84 bits per heavy atom. The maximum Gasteiger partial charge on any atom is 0.274 e. The zero-order valence-electron chi connectivity index (χ0n) is 18.6. The first kappa shape index (κ1) is 22.7. The number of benzene rings is 1. The van der Waals surface area contributed by atoms with Crippen molar-refractivity contribution in [3.63, 3.8) is 0 Å². The number of nitrogens with one attached hydrogen (secondary N) is 1. The normalized spacial score (nSPS) is 14.5. The van der Waals surface area contributed by atoms with Crippen LogP contribution in [0.4, 0.5) is 0 Å². The van der Waals surface area contributed by atoms with E-state index < -0.39 is 0 Å². The van der Waals surface area contributed by atoms with Crippen LogP contribution in [0.1, 0.15) is 65.2 Å². The molecule has 0 bridgehead atoms. The van der Waals surface area contributed by atoms with Gasteiger partial charge in [-0.05, 0) is 57.4 Å². The lowest BCUT2D eigenvalue weighted by Crippen LogP contribution is -2.36. The molecule has 32 heavy (non-hydrogen) atoms. The van der Waals surface area contributed by atoms with Gasteiger partial charge < -0.3 is 5.32 Å². The topological polar surface area (TPSA) is 85.6 Å². The summed E-state index contributed by atoms with van der Waals surface area (Å²) in [6.07, 6.45) is 5.54. The van der Waals surface area contributed by atoms with Crippen LogP contribution in [0.25, 0.3) is 5.69 Å². The predicted molar refractivity (Wildman–Crippen MR) is 127 cm³/mol.